The van der Waals surface area contributed by atoms with Gasteiger partial charge in [-0.2, -0.15) is 0 Å². The molecule has 0 fully saturated rings. The number of benzene rings is 1. The van der Waals surface area contributed by atoms with Crippen LogP contribution >= 0.6 is 0 Å². The zero-order chi connectivity index (χ0) is 15.2. The zero-order valence-corrected chi connectivity index (χ0v) is 11.2. The van der Waals surface area contributed by atoms with Gasteiger partial charge in [-0.3, -0.25) is 14.6 Å². The van der Waals surface area contributed by atoms with E-state index in [9.17, 15) is 9.59 Å². The Morgan fingerprint density at radius 1 is 1.24 bits per heavy atom. The number of carbonyl (C=O) groups is 2. The van der Waals surface area contributed by atoms with Crippen LogP contribution in [0.5, 0.6) is 0 Å². The molecule has 0 saturated carbocycles. The molecule has 0 spiro atoms. The van der Waals surface area contributed by atoms with Crippen LogP contribution in [0.3, 0.4) is 0 Å². The maximum absolute atomic E-state index is 12.0. The van der Waals surface area contributed by atoms with Gasteiger partial charge in [-0.25, -0.2) is 4.98 Å². The molecule has 1 aromatic carbocycles. The molecule has 2 rings (SSSR count). The van der Waals surface area contributed by atoms with Crippen LogP contribution in [0.25, 0.3) is 0 Å². The summed E-state index contributed by atoms with van der Waals surface area (Å²) in [5.74, 6) is -0.973. The summed E-state index contributed by atoms with van der Waals surface area (Å²) in [5, 5.41) is 2.64. The number of nitrogens with two attached hydrogens (primary N) is 2. The van der Waals surface area contributed by atoms with Gasteiger partial charge in [0.05, 0.1) is 6.20 Å². The molecule has 0 aliphatic rings. The molecule has 7 nitrogen and oxygen atoms in total. The number of amides is 2. The molecule has 1 aromatic heterocycles. The van der Waals surface area contributed by atoms with Gasteiger partial charge in [0.1, 0.15) is 5.69 Å². The van der Waals surface area contributed by atoms with Crippen molar-refractivity contribution in [3.8, 4) is 0 Å². The monoisotopic (exact) mass is 285 g/mol. The van der Waals surface area contributed by atoms with Gasteiger partial charge in [0.25, 0.3) is 5.91 Å². The number of nitrogens with one attached hydrogen (secondary N) is 1. The van der Waals surface area contributed by atoms with E-state index >= 15 is 0 Å². The smallest absolute Gasteiger partial charge is 0.275 e. The molecule has 5 N–H and O–H groups in total. The lowest BCUT2D eigenvalue weighted by Gasteiger charge is -2.09. The van der Waals surface area contributed by atoms with E-state index in [2.05, 4.69) is 15.3 Å². The van der Waals surface area contributed by atoms with E-state index in [1.54, 1.807) is 12.1 Å². The topological polar surface area (TPSA) is 124 Å². The Morgan fingerprint density at radius 3 is 2.67 bits per heavy atom. The van der Waals surface area contributed by atoms with Crippen molar-refractivity contribution in [1.29, 1.82) is 0 Å². The number of primary amides is 1. The molecule has 21 heavy (non-hydrogen) atoms. The Bertz CT molecular complexity index is 658. The third kappa shape index (κ3) is 3.61. The number of rotatable bonds is 5. The van der Waals surface area contributed by atoms with Crippen LogP contribution in [-0.2, 0) is 6.42 Å². The van der Waals surface area contributed by atoms with Crippen molar-refractivity contribution in [2.24, 2.45) is 11.5 Å². The first-order chi connectivity index (χ1) is 10.1. The summed E-state index contributed by atoms with van der Waals surface area (Å²) in [4.78, 5) is 31.1. The van der Waals surface area contributed by atoms with Gasteiger partial charge >= 0.3 is 0 Å². The second kappa shape index (κ2) is 6.58. The molecule has 7 heteroatoms. The summed E-state index contributed by atoms with van der Waals surface area (Å²) in [7, 11) is 0. The van der Waals surface area contributed by atoms with E-state index in [0.717, 1.165) is 5.56 Å². The van der Waals surface area contributed by atoms with E-state index in [4.69, 9.17) is 11.5 Å². The molecule has 0 radical (unpaired) electrons. The number of hydrogen-bond donors (Lipinski definition) is 3. The SMILES string of the molecule is NCCc1ccc(NC(=O)c2cnccn2)cc1C(N)=O. The molecule has 0 bridgehead atoms. The summed E-state index contributed by atoms with van der Waals surface area (Å²) in [6, 6.07) is 4.94. The molecule has 0 aliphatic carbocycles. The van der Waals surface area contributed by atoms with Crippen LogP contribution in [-0.4, -0.2) is 28.3 Å². The molecule has 0 atom stereocenters. The lowest BCUT2D eigenvalue weighted by molar-refractivity contribution is 0.0994. The zero-order valence-electron chi connectivity index (χ0n) is 11.2. The van der Waals surface area contributed by atoms with Crippen LogP contribution in [0, 0.1) is 0 Å². The summed E-state index contributed by atoms with van der Waals surface area (Å²) >= 11 is 0. The van der Waals surface area contributed by atoms with Gasteiger partial charge in [-0.05, 0) is 30.7 Å². The van der Waals surface area contributed by atoms with Crippen LogP contribution in [0.15, 0.2) is 36.8 Å². The van der Waals surface area contributed by atoms with Crippen LogP contribution in [0.2, 0.25) is 0 Å². The van der Waals surface area contributed by atoms with Crippen LogP contribution < -0.4 is 16.8 Å². The summed E-state index contributed by atoms with van der Waals surface area (Å²) in [6.45, 7) is 0.408. The average Bonchev–Trinajstić information content (AvgIpc) is 2.49. The highest BCUT2D eigenvalue weighted by Gasteiger charge is 2.12. The molecular weight excluding hydrogens is 270 g/mol. The maximum Gasteiger partial charge on any atom is 0.275 e. The Hall–Kier alpha value is -2.80. The fourth-order valence-electron chi connectivity index (χ4n) is 1.87. The highest BCUT2D eigenvalue weighted by Crippen LogP contribution is 2.16. The van der Waals surface area contributed by atoms with Crippen molar-refractivity contribution < 1.29 is 9.59 Å². The third-order valence-corrected chi connectivity index (χ3v) is 2.84. The van der Waals surface area contributed by atoms with Crippen molar-refractivity contribution >= 4 is 17.5 Å². The van der Waals surface area contributed by atoms with Gasteiger partial charge in [0, 0.05) is 23.6 Å². The molecule has 0 unspecified atom stereocenters. The van der Waals surface area contributed by atoms with E-state index in [-0.39, 0.29) is 5.69 Å². The number of carbonyl (C=O) groups excluding carboxylic acids is 2. The van der Waals surface area contributed by atoms with Crippen LogP contribution in [0.1, 0.15) is 26.4 Å². The third-order valence-electron chi connectivity index (χ3n) is 2.84. The van der Waals surface area contributed by atoms with Crippen molar-refractivity contribution in [2.75, 3.05) is 11.9 Å². The number of hydrogen-bond acceptors (Lipinski definition) is 5. The first-order valence-electron chi connectivity index (χ1n) is 6.32. The van der Waals surface area contributed by atoms with E-state index < -0.39 is 11.8 Å². The fraction of sp³-hybridized carbons (Fsp3) is 0.143. The highest BCUT2D eigenvalue weighted by atomic mass is 16.2. The molecule has 0 aliphatic heterocycles. The maximum atomic E-state index is 12.0. The predicted molar refractivity (Wildman–Crippen MR) is 77.7 cm³/mol. The summed E-state index contributed by atoms with van der Waals surface area (Å²) in [5.41, 5.74) is 12.6. The number of aromatic nitrogens is 2. The fourth-order valence-corrected chi connectivity index (χ4v) is 1.87. The van der Waals surface area contributed by atoms with Crippen LogP contribution in [0.4, 0.5) is 5.69 Å². The van der Waals surface area contributed by atoms with Crippen molar-refractivity contribution in [1.82, 2.24) is 9.97 Å². The average molecular weight is 285 g/mol. The minimum absolute atomic E-state index is 0.184. The van der Waals surface area contributed by atoms with Gasteiger partial charge < -0.3 is 16.8 Å². The van der Waals surface area contributed by atoms with Crippen molar-refractivity contribution in [2.45, 2.75) is 6.42 Å². The van der Waals surface area contributed by atoms with Gasteiger partial charge in [0.15, 0.2) is 0 Å². The Morgan fingerprint density at radius 2 is 2.05 bits per heavy atom. The minimum atomic E-state index is -0.561. The van der Waals surface area contributed by atoms with Gasteiger partial charge in [-0.1, -0.05) is 6.07 Å². The largest absolute Gasteiger partial charge is 0.366 e. The Kier molecular flexibility index (Phi) is 4.57. The summed E-state index contributed by atoms with van der Waals surface area (Å²) < 4.78 is 0. The van der Waals surface area contributed by atoms with Gasteiger partial charge in [0.2, 0.25) is 5.91 Å². The van der Waals surface area contributed by atoms with Gasteiger partial charge in [-0.15, -0.1) is 0 Å². The molecule has 1 heterocycles. The Labute approximate surface area is 121 Å². The lowest BCUT2D eigenvalue weighted by atomic mass is 10.0. The lowest BCUT2D eigenvalue weighted by Crippen LogP contribution is -2.18. The number of anilines is 1. The Balaban J connectivity index is 2.23. The standard InChI is InChI=1S/C14H15N5O2/c15-4-3-9-1-2-10(7-11(9)13(16)20)19-14(21)12-8-17-5-6-18-12/h1-2,5-8H,3-4,15H2,(H2,16,20)(H,19,21). The number of nitrogens with zero attached hydrogens (tertiary/aromatic N) is 2. The molecular formula is C14H15N5O2. The van der Waals surface area contributed by atoms with Crippen molar-refractivity contribution in [3.05, 3.63) is 53.6 Å². The molecule has 2 aromatic rings. The second-order valence-electron chi connectivity index (χ2n) is 4.32. The second-order valence-corrected chi connectivity index (χ2v) is 4.32. The first kappa shape index (κ1) is 14.6. The van der Waals surface area contributed by atoms with Crippen molar-refractivity contribution in [3.63, 3.8) is 0 Å². The minimum Gasteiger partial charge on any atom is -0.366 e. The first-order valence-corrected chi connectivity index (χ1v) is 6.32. The molecule has 2 amide bonds. The predicted octanol–water partition coefficient (Wildman–Crippen LogP) is 0.329. The normalized spacial score (nSPS) is 10.1. The molecule has 0 saturated heterocycles. The highest BCUT2D eigenvalue weighted by molar-refractivity contribution is 6.03. The van der Waals surface area contributed by atoms with E-state index in [1.165, 1.54) is 24.7 Å². The quantitative estimate of drug-likeness (QED) is 0.730. The summed E-state index contributed by atoms with van der Waals surface area (Å²) in [6.07, 6.45) is 4.79. The van der Waals surface area contributed by atoms with E-state index in [0.29, 0.717) is 24.2 Å². The van der Waals surface area contributed by atoms with E-state index in [1.807, 2.05) is 0 Å². The molecule has 108 valence electrons.